The number of hydrogen-bond donors (Lipinski definition) is 1. The summed E-state index contributed by atoms with van der Waals surface area (Å²) in [7, 11) is 4.09. The van der Waals surface area contributed by atoms with Crippen LogP contribution >= 0.6 is 0 Å². The number of nitrogens with zero attached hydrogens (tertiary/aromatic N) is 4. The van der Waals surface area contributed by atoms with Crippen LogP contribution in [0.15, 0.2) is 42.7 Å². The van der Waals surface area contributed by atoms with Gasteiger partial charge in [0.15, 0.2) is 0 Å². The van der Waals surface area contributed by atoms with Crippen LogP contribution in [0.1, 0.15) is 5.56 Å². The maximum Gasteiger partial charge on any atom is 0.317 e. The third-order valence-corrected chi connectivity index (χ3v) is 4.42. The Hall–Kier alpha value is -2.38. The minimum Gasteiger partial charge on any atom is -0.379 e. The number of ether oxygens (including phenoxy) is 1. The van der Waals surface area contributed by atoms with Gasteiger partial charge in [-0.1, -0.05) is 18.2 Å². The number of nitrogens with one attached hydrogen (secondary N) is 1. The van der Waals surface area contributed by atoms with E-state index in [0.29, 0.717) is 38.8 Å². The lowest BCUT2D eigenvalue weighted by atomic mass is 10.1. The van der Waals surface area contributed by atoms with Gasteiger partial charge in [-0.05, 0) is 31.8 Å². The number of carbonyl (C=O) groups excluding carboxylic acids is 1. The highest BCUT2D eigenvalue weighted by Crippen LogP contribution is 2.14. The Morgan fingerprint density at radius 1 is 1.35 bits per heavy atom. The fraction of sp³-hybridized carbons (Fsp3) is 0.474. The third kappa shape index (κ3) is 4.83. The summed E-state index contributed by atoms with van der Waals surface area (Å²) in [5.41, 5.74) is 2.00. The fourth-order valence-electron chi connectivity index (χ4n) is 3.27. The summed E-state index contributed by atoms with van der Waals surface area (Å²) >= 11 is 0. The number of rotatable bonds is 5. The Kier molecular flexibility index (Phi) is 6.25. The van der Waals surface area contributed by atoms with Crippen molar-refractivity contribution in [1.29, 1.82) is 0 Å². The highest BCUT2D eigenvalue weighted by atomic mass is 16.5. The first-order chi connectivity index (χ1) is 12.6. The highest BCUT2D eigenvalue weighted by molar-refractivity contribution is 5.74. The van der Waals surface area contributed by atoms with Crippen LogP contribution in [0.4, 0.5) is 4.79 Å². The molecule has 0 saturated carbocycles. The lowest BCUT2D eigenvalue weighted by Crippen LogP contribution is -2.44. The van der Waals surface area contributed by atoms with E-state index in [0.717, 1.165) is 17.8 Å². The van der Waals surface area contributed by atoms with E-state index in [1.54, 1.807) is 6.20 Å². The van der Waals surface area contributed by atoms with E-state index in [2.05, 4.69) is 15.3 Å². The van der Waals surface area contributed by atoms with Crippen LogP contribution in [0, 0.1) is 5.92 Å². The number of hydrogen-bond acceptors (Lipinski definition) is 4. The first kappa shape index (κ1) is 18.4. The van der Waals surface area contributed by atoms with Crippen molar-refractivity contribution in [3.05, 3.63) is 48.3 Å². The molecule has 1 aliphatic rings. The molecule has 1 aliphatic heterocycles. The zero-order valence-corrected chi connectivity index (χ0v) is 15.5. The van der Waals surface area contributed by atoms with Gasteiger partial charge >= 0.3 is 6.03 Å². The Labute approximate surface area is 154 Å². The molecule has 1 atom stereocenters. The van der Waals surface area contributed by atoms with Crippen molar-refractivity contribution in [2.45, 2.75) is 6.54 Å². The number of amides is 2. The van der Waals surface area contributed by atoms with Crippen molar-refractivity contribution in [2.75, 3.05) is 46.9 Å². The summed E-state index contributed by atoms with van der Waals surface area (Å²) in [6, 6.07) is 9.80. The highest BCUT2D eigenvalue weighted by Gasteiger charge is 2.23. The summed E-state index contributed by atoms with van der Waals surface area (Å²) < 4.78 is 7.47. The topological polar surface area (TPSA) is 62.6 Å². The molecule has 3 rings (SSSR count). The smallest absolute Gasteiger partial charge is 0.317 e. The quantitative estimate of drug-likeness (QED) is 0.883. The molecule has 2 aromatic rings. The summed E-state index contributed by atoms with van der Waals surface area (Å²) in [5.74, 6) is 0.328. The van der Waals surface area contributed by atoms with Gasteiger partial charge in [-0.3, -0.25) is 0 Å². The zero-order valence-electron chi connectivity index (χ0n) is 15.5. The van der Waals surface area contributed by atoms with E-state index < -0.39 is 0 Å². The molecule has 7 nitrogen and oxygen atoms in total. The number of benzene rings is 1. The predicted octanol–water partition coefficient (Wildman–Crippen LogP) is 1.59. The summed E-state index contributed by atoms with van der Waals surface area (Å²) in [4.78, 5) is 16.7. The fourth-order valence-corrected chi connectivity index (χ4v) is 3.27. The minimum absolute atomic E-state index is 0.0467. The standard InChI is InChI=1S/C19H27N5O2/c1-22(2)13-16-14-23(10-11-26-15-16)19(25)20-12-17-6-3-4-7-18(17)24-9-5-8-21-24/h3-9,16H,10-15H2,1-2H3,(H,20,25). The van der Waals surface area contributed by atoms with Gasteiger partial charge in [0.05, 0.1) is 18.9 Å². The molecule has 0 radical (unpaired) electrons. The molecule has 1 N–H and O–H groups in total. The van der Waals surface area contributed by atoms with Crippen LogP contribution in [0.3, 0.4) is 0 Å². The van der Waals surface area contributed by atoms with Crippen LogP contribution in [0.2, 0.25) is 0 Å². The van der Waals surface area contributed by atoms with Crippen LogP contribution in [0.25, 0.3) is 5.69 Å². The maximum absolute atomic E-state index is 12.7. The monoisotopic (exact) mass is 357 g/mol. The van der Waals surface area contributed by atoms with Crippen molar-refractivity contribution in [3.8, 4) is 5.69 Å². The van der Waals surface area contributed by atoms with Gasteiger partial charge in [-0.2, -0.15) is 5.10 Å². The van der Waals surface area contributed by atoms with Crippen LogP contribution in [-0.2, 0) is 11.3 Å². The molecule has 2 amide bonds. The lowest BCUT2D eigenvalue weighted by Gasteiger charge is -2.25. The van der Waals surface area contributed by atoms with E-state index in [9.17, 15) is 4.79 Å². The van der Waals surface area contributed by atoms with Gasteiger partial charge < -0.3 is 19.9 Å². The molecule has 1 unspecified atom stereocenters. The normalized spacial score (nSPS) is 18.0. The molecule has 1 saturated heterocycles. The van der Waals surface area contributed by atoms with Crippen molar-refractivity contribution in [3.63, 3.8) is 0 Å². The predicted molar refractivity (Wildman–Crippen MR) is 100 cm³/mol. The van der Waals surface area contributed by atoms with Gasteiger partial charge in [0.1, 0.15) is 0 Å². The third-order valence-electron chi connectivity index (χ3n) is 4.42. The van der Waals surface area contributed by atoms with Crippen LogP contribution in [-0.4, -0.2) is 72.6 Å². The average molecular weight is 357 g/mol. The second kappa shape index (κ2) is 8.82. The molecular formula is C19H27N5O2. The van der Waals surface area contributed by atoms with E-state index in [4.69, 9.17) is 4.74 Å². The lowest BCUT2D eigenvalue weighted by molar-refractivity contribution is 0.112. The number of urea groups is 1. The van der Waals surface area contributed by atoms with Crippen molar-refractivity contribution >= 4 is 6.03 Å². The number of aromatic nitrogens is 2. The molecule has 26 heavy (non-hydrogen) atoms. The average Bonchev–Trinajstić information content (AvgIpc) is 3.06. The SMILES string of the molecule is CN(C)CC1COCCN(C(=O)NCc2ccccc2-n2cccn2)C1. The second-order valence-electron chi connectivity index (χ2n) is 6.89. The summed E-state index contributed by atoms with van der Waals surface area (Å²) in [5, 5.41) is 7.34. The molecule has 2 heterocycles. The largest absolute Gasteiger partial charge is 0.379 e. The number of para-hydroxylation sites is 1. The van der Waals surface area contributed by atoms with Crippen molar-refractivity contribution in [1.82, 2.24) is 24.9 Å². The summed E-state index contributed by atoms with van der Waals surface area (Å²) in [6.45, 7) is 3.99. The Morgan fingerprint density at radius 3 is 2.96 bits per heavy atom. The van der Waals surface area contributed by atoms with Gasteiger partial charge in [0.25, 0.3) is 0 Å². The molecule has 1 aromatic heterocycles. The van der Waals surface area contributed by atoms with E-state index in [-0.39, 0.29) is 6.03 Å². The van der Waals surface area contributed by atoms with E-state index >= 15 is 0 Å². The zero-order chi connectivity index (χ0) is 18.4. The van der Waals surface area contributed by atoms with Crippen LogP contribution < -0.4 is 5.32 Å². The minimum atomic E-state index is -0.0467. The Morgan fingerprint density at radius 2 is 2.19 bits per heavy atom. The van der Waals surface area contributed by atoms with E-state index in [1.165, 1.54) is 0 Å². The molecule has 0 bridgehead atoms. The first-order valence-electron chi connectivity index (χ1n) is 8.96. The summed E-state index contributed by atoms with van der Waals surface area (Å²) in [6.07, 6.45) is 3.65. The first-order valence-corrected chi connectivity index (χ1v) is 8.96. The molecular weight excluding hydrogens is 330 g/mol. The number of carbonyl (C=O) groups is 1. The molecule has 140 valence electrons. The van der Waals surface area contributed by atoms with Gasteiger partial charge in [0, 0.05) is 44.5 Å². The molecule has 0 aliphatic carbocycles. The molecule has 1 aromatic carbocycles. The maximum atomic E-state index is 12.7. The molecule has 0 spiro atoms. The van der Waals surface area contributed by atoms with Gasteiger partial charge in [0.2, 0.25) is 0 Å². The van der Waals surface area contributed by atoms with Crippen LogP contribution in [0.5, 0.6) is 0 Å². The van der Waals surface area contributed by atoms with Gasteiger partial charge in [-0.25, -0.2) is 9.48 Å². The second-order valence-corrected chi connectivity index (χ2v) is 6.89. The molecule has 1 fully saturated rings. The van der Waals surface area contributed by atoms with Crippen molar-refractivity contribution < 1.29 is 9.53 Å². The molecule has 7 heteroatoms. The van der Waals surface area contributed by atoms with Crippen molar-refractivity contribution in [2.24, 2.45) is 5.92 Å². The Bertz CT molecular complexity index is 702. The van der Waals surface area contributed by atoms with E-state index in [1.807, 2.05) is 60.2 Å². The Balaban J connectivity index is 1.62. The van der Waals surface area contributed by atoms with Gasteiger partial charge in [-0.15, -0.1) is 0 Å².